The fourth-order valence-corrected chi connectivity index (χ4v) is 4.00. The van der Waals surface area contributed by atoms with Gasteiger partial charge in [0, 0.05) is 19.0 Å². The monoisotopic (exact) mass is 294 g/mol. The minimum absolute atomic E-state index is 0.429. The molecular weight excluding hydrogens is 260 g/mol. The first-order valence-electron chi connectivity index (χ1n) is 9.33. The molecule has 122 valence electrons. The summed E-state index contributed by atoms with van der Waals surface area (Å²) in [5.74, 6) is 1.13. The summed E-state index contributed by atoms with van der Waals surface area (Å²) in [5.41, 5.74) is 0. The van der Waals surface area contributed by atoms with Gasteiger partial charge in [-0.1, -0.05) is 39.0 Å². The second-order valence-electron chi connectivity index (χ2n) is 6.92. The Morgan fingerprint density at radius 2 is 1.90 bits per heavy atom. The third kappa shape index (κ3) is 5.28. The SMILES string of the molecule is CCCCCCCCC(=O)N1CCCC1C1CCCNC1. The van der Waals surface area contributed by atoms with Crippen LogP contribution in [-0.2, 0) is 4.79 Å². The van der Waals surface area contributed by atoms with Crippen molar-refractivity contribution in [2.75, 3.05) is 19.6 Å². The maximum absolute atomic E-state index is 12.5. The fraction of sp³-hybridized carbons (Fsp3) is 0.944. The van der Waals surface area contributed by atoms with E-state index < -0.39 is 0 Å². The molecule has 1 N–H and O–H groups in total. The summed E-state index contributed by atoms with van der Waals surface area (Å²) < 4.78 is 0. The second kappa shape index (κ2) is 9.45. The molecule has 0 radical (unpaired) electrons. The Morgan fingerprint density at radius 1 is 1.10 bits per heavy atom. The van der Waals surface area contributed by atoms with Gasteiger partial charge in [-0.3, -0.25) is 4.79 Å². The number of nitrogens with zero attached hydrogens (tertiary/aromatic N) is 1. The molecule has 21 heavy (non-hydrogen) atoms. The van der Waals surface area contributed by atoms with Gasteiger partial charge in [-0.15, -0.1) is 0 Å². The predicted molar refractivity (Wildman–Crippen MR) is 88.3 cm³/mol. The van der Waals surface area contributed by atoms with E-state index in [0.29, 0.717) is 17.9 Å². The van der Waals surface area contributed by atoms with Gasteiger partial charge in [-0.2, -0.15) is 0 Å². The third-order valence-electron chi connectivity index (χ3n) is 5.24. The Kier molecular flexibility index (Phi) is 7.56. The number of amides is 1. The van der Waals surface area contributed by atoms with Gasteiger partial charge in [0.1, 0.15) is 0 Å². The summed E-state index contributed by atoms with van der Waals surface area (Å²) in [6.45, 7) is 5.54. The molecule has 2 saturated heterocycles. The number of likely N-dealkylation sites (tertiary alicyclic amines) is 1. The van der Waals surface area contributed by atoms with E-state index in [1.165, 1.54) is 57.8 Å². The topological polar surface area (TPSA) is 32.3 Å². The second-order valence-corrected chi connectivity index (χ2v) is 6.92. The van der Waals surface area contributed by atoms with E-state index in [4.69, 9.17) is 0 Å². The van der Waals surface area contributed by atoms with Crippen LogP contribution in [0.1, 0.15) is 77.6 Å². The van der Waals surface area contributed by atoms with Crippen LogP contribution in [0.25, 0.3) is 0 Å². The molecular formula is C18H34N2O. The molecule has 2 fully saturated rings. The van der Waals surface area contributed by atoms with Crippen LogP contribution in [0.3, 0.4) is 0 Å². The molecule has 3 heteroatoms. The zero-order valence-electron chi connectivity index (χ0n) is 13.9. The van der Waals surface area contributed by atoms with Crippen molar-refractivity contribution in [3.05, 3.63) is 0 Å². The Hall–Kier alpha value is -0.570. The molecule has 2 unspecified atom stereocenters. The molecule has 0 spiro atoms. The first-order valence-corrected chi connectivity index (χ1v) is 9.33. The molecule has 2 heterocycles. The van der Waals surface area contributed by atoms with E-state index in [0.717, 1.165) is 32.5 Å². The normalized spacial score (nSPS) is 26.2. The van der Waals surface area contributed by atoms with Crippen LogP contribution in [0.2, 0.25) is 0 Å². The lowest BCUT2D eigenvalue weighted by Gasteiger charge is -2.34. The van der Waals surface area contributed by atoms with Crippen molar-refractivity contribution in [2.45, 2.75) is 83.6 Å². The molecule has 2 aliphatic heterocycles. The summed E-state index contributed by atoms with van der Waals surface area (Å²) in [6, 6.07) is 0.533. The third-order valence-corrected chi connectivity index (χ3v) is 5.24. The van der Waals surface area contributed by atoms with Crippen LogP contribution in [0.5, 0.6) is 0 Å². The number of carbonyl (C=O) groups is 1. The minimum Gasteiger partial charge on any atom is -0.339 e. The van der Waals surface area contributed by atoms with Gasteiger partial charge in [0.2, 0.25) is 5.91 Å². The molecule has 0 bridgehead atoms. The van der Waals surface area contributed by atoms with E-state index in [-0.39, 0.29) is 0 Å². The first kappa shape index (κ1) is 16.8. The van der Waals surface area contributed by atoms with Gasteiger partial charge >= 0.3 is 0 Å². The predicted octanol–water partition coefficient (Wildman–Crippen LogP) is 3.73. The van der Waals surface area contributed by atoms with E-state index in [1.807, 2.05) is 0 Å². The van der Waals surface area contributed by atoms with Crippen molar-refractivity contribution in [1.29, 1.82) is 0 Å². The molecule has 2 aliphatic rings. The van der Waals surface area contributed by atoms with Gasteiger partial charge in [0.25, 0.3) is 0 Å². The van der Waals surface area contributed by atoms with Crippen molar-refractivity contribution in [3.63, 3.8) is 0 Å². The first-order chi connectivity index (χ1) is 10.3. The van der Waals surface area contributed by atoms with Crippen molar-refractivity contribution in [3.8, 4) is 0 Å². The Balaban J connectivity index is 1.68. The van der Waals surface area contributed by atoms with Crippen LogP contribution in [0.4, 0.5) is 0 Å². The molecule has 0 aromatic rings. The summed E-state index contributed by atoms with van der Waals surface area (Å²) in [6.07, 6.45) is 13.4. The standard InChI is InChI=1S/C18H34N2O/c1-2-3-4-5-6-7-12-18(21)20-14-9-11-17(20)16-10-8-13-19-15-16/h16-17,19H,2-15H2,1H3. The molecule has 0 saturated carbocycles. The van der Waals surface area contributed by atoms with E-state index in [2.05, 4.69) is 17.1 Å². The summed E-state index contributed by atoms with van der Waals surface area (Å²) in [5, 5.41) is 3.51. The number of piperidine rings is 1. The maximum Gasteiger partial charge on any atom is 0.222 e. The van der Waals surface area contributed by atoms with Crippen LogP contribution in [0, 0.1) is 5.92 Å². The van der Waals surface area contributed by atoms with Crippen molar-refractivity contribution in [1.82, 2.24) is 10.2 Å². The van der Waals surface area contributed by atoms with Crippen LogP contribution in [-0.4, -0.2) is 36.5 Å². The van der Waals surface area contributed by atoms with E-state index in [1.54, 1.807) is 0 Å². The van der Waals surface area contributed by atoms with Crippen molar-refractivity contribution < 1.29 is 4.79 Å². The van der Waals surface area contributed by atoms with E-state index >= 15 is 0 Å². The highest BCUT2D eigenvalue weighted by Gasteiger charge is 2.34. The van der Waals surface area contributed by atoms with Crippen molar-refractivity contribution in [2.24, 2.45) is 5.92 Å². The summed E-state index contributed by atoms with van der Waals surface area (Å²) in [4.78, 5) is 14.7. The Bertz CT molecular complexity index is 300. The minimum atomic E-state index is 0.429. The number of nitrogens with one attached hydrogen (secondary N) is 1. The lowest BCUT2D eigenvalue weighted by molar-refractivity contribution is -0.133. The molecule has 2 rings (SSSR count). The summed E-state index contributed by atoms with van der Waals surface area (Å²) >= 11 is 0. The van der Waals surface area contributed by atoms with E-state index in [9.17, 15) is 4.79 Å². The molecule has 0 aromatic carbocycles. The molecule has 2 atom stereocenters. The largest absolute Gasteiger partial charge is 0.339 e. The fourth-order valence-electron chi connectivity index (χ4n) is 4.00. The molecule has 0 aliphatic carbocycles. The van der Waals surface area contributed by atoms with Gasteiger partial charge in [0.15, 0.2) is 0 Å². The van der Waals surface area contributed by atoms with Gasteiger partial charge < -0.3 is 10.2 Å². The quantitative estimate of drug-likeness (QED) is 0.692. The number of carbonyl (C=O) groups excluding carboxylic acids is 1. The highest BCUT2D eigenvalue weighted by Crippen LogP contribution is 2.29. The van der Waals surface area contributed by atoms with Gasteiger partial charge in [-0.25, -0.2) is 0 Å². The highest BCUT2D eigenvalue weighted by atomic mass is 16.2. The lowest BCUT2D eigenvalue weighted by atomic mass is 9.90. The smallest absolute Gasteiger partial charge is 0.222 e. The van der Waals surface area contributed by atoms with Crippen molar-refractivity contribution >= 4 is 5.91 Å². The Labute approximate surface area is 130 Å². The number of hydrogen-bond donors (Lipinski definition) is 1. The van der Waals surface area contributed by atoms with Crippen LogP contribution >= 0.6 is 0 Å². The highest BCUT2D eigenvalue weighted by molar-refractivity contribution is 5.76. The molecule has 1 amide bonds. The average molecular weight is 294 g/mol. The maximum atomic E-state index is 12.5. The number of unbranched alkanes of at least 4 members (excludes halogenated alkanes) is 5. The van der Waals surface area contributed by atoms with Gasteiger partial charge in [-0.05, 0) is 51.1 Å². The molecule has 3 nitrogen and oxygen atoms in total. The van der Waals surface area contributed by atoms with Crippen LogP contribution in [0.15, 0.2) is 0 Å². The zero-order valence-corrected chi connectivity index (χ0v) is 13.9. The van der Waals surface area contributed by atoms with Crippen LogP contribution < -0.4 is 5.32 Å². The molecule has 0 aromatic heterocycles. The number of rotatable bonds is 8. The Morgan fingerprint density at radius 3 is 2.67 bits per heavy atom. The lowest BCUT2D eigenvalue weighted by Crippen LogP contribution is -2.45. The zero-order chi connectivity index (χ0) is 14.9. The summed E-state index contributed by atoms with van der Waals surface area (Å²) in [7, 11) is 0. The average Bonchev–Trinajstić information content (AvgIpc) is 3.01. The number of hydrogen-bond acceptors (Lipinski definition) is 2. The van der Waals surface area contributed by atoms with Gasteiger partial charge in [0.05, 0.1) is 0 Å².